The molecule has 0 aliphatic rings. The van der Waals surface area contributed by atoms with Gasteiger partial charge in [-0.3, -0.25) is 4.79 Å². The van der Waals surface area contributed by atoms with Crippen LogP contribution in [0.2, 0.25) is 5.02 Å². The fourth-order valence-corrected chi connectivity index (χ4v) is 2.14. The molecule has 0 N–H and O–H groups in total. The second-order valence-corrected chi connectivity index (χ2v) is 5.78. The number of carbonyl (C=O) groups excluding carboxylic acids is 2. The second kappa shape index (κ2) is 8.31. The van der Waals surface area contributed by atoms with Crippen LogP contribution < -0.4 is 0 Å². The van der Waals surface area contributed by atoms with Gasteiger partial charge in [-0.15, -0.1) is 0 Å². The number of rotatable bonds is 5. The summed E-state index contributed by atoms with van der Waals surface area (Å²) in [6.45, 7) is 0. The number of hydrogen-bond acceptors (Lipinski definition) is 3. The van der Waals surface area contributed by atoms with Gasteiger partial charge in [0, 0.05) is 30.8 Å². The topological polar surface area (TPSA) is 46.6 Å². The highest BCUT2D eigenvalue weighted by Gasteiger charge is 2.25. The summed E-state index contributed by atoms with van der Waals surface area (Å²) < 4.78 is 5.36. The largest absolute Gasteiger partial charge is 0.444 e. The Labute approximate surface area is 146 Å². The van der Waals surface area contributed by atoms with Crippen molar-refractivity contribution >= 4 is 29.6 Å². The monoisotopic (exact) mass is 343 g/mol. The number of amides is 1. The standard InChI is InChI=1S/C19H18ClNO3/c1-21(2)19(23)18(15-6-4-3-5-7-15)24-17(22)13-10-14-8-11-16(20)12-9-14/h3-13,18H,1-2H3/b13-10+/t18-/m1/s1. The van der Waals surface area contributed by atoms with Crippen LogP contribution in [0, 0.1) is 0 Å². The van der Waals surface area contributed by atoms with Gasteiger partial charge in [0.15, 0.2) is 0 Å². The number of carbonyl (C=O) groups is 2. The third kappa shape index (κ3) is 4.96. The minimum atomic E-state index is -0.969. The molecule has 24 heavy (non-hydrogen) atoms. The van der Waals surface area contributed by atoms with Gasteiger partial charge in [0.1, 0.15) is 0 Å². The first-order valence-electron chi connectivity index (χ1n) is 7.38. The molecule has 0 unspecified atom stereocenters. The fourth-order valence-electron chi connectivity index (χ4n) is 2.02. The van der Waals surface area contributed by atoms with Crippen LogP contribution in [0.1, 0.15) is 17.2 Å². The van der Waals surface area contributed by atoms with E-state index in [-0.39, 0.29) is 5.91 Å². The first kappa shape index (κ1) is 17.8. The molecule has 1 atom stereocenters. The average molecular weight is 344 g/mol. The van der Waals surface area contributed by atoms with Crippen LogP contribution in [0.15, 0.2) is 60.7 Å². The van der Waals surface area contributed by atoms with Crippen molar-refractivity contribution in [1.82, 2.24) is 4.90 Å². The maximum atomic E-state index is 12.3. The molecule has 0 bridgehead atoms. The van der Waals surface area contributed by atoms with Crippen molar-refractivity contribution < 1.29 is 14.3 Å². The summed E-state index contributed by atoms with van der Waals surface area (Å²) in [5, 5.41) is 0.621. The first-order chi connectivity index (χ1) is 11.5. The quantitative estimate of drug-likeness (QED) is 0.614. The van der Waals surface area contributed by atoms with Gasteiger partial charge in [0.25, 0.3) is 5.91 Å². The molecule has 0 aliphatic heterocycles. The zero-order chi connectivity index (χ0) is 17.5. The molecule has 0 fully saturated rings. The Morgan fingerprint density at radius 2 is 1.67 bits per heavy atom. The summed E-state index contributed by atoms with van der Waals surface area (Å²) in [6, 6.07) is 16.0. The average Bonchev–Trinajstić information content (AvgIpc) is 2.59. The fraction of sp³-hybridized carbons (Fsp3) is 0.158. The third-order valence-electron chi connectivity index (χ3n) is 3.28. The number of benzene rings is 2. The highest BCUT2D eigenvalue weighted by atomic mass is 35.5. The van der Waals surface area contributed by atoms with Gasteiger partial charge in [-0.25, -0.2) is 4.79 Å². The van der Waals surface area contributed by atoms with Crippen molar-refractivity contribution in [2.75, 3.05) is 14.1 Å². The lowest BCUT2D eigenvalue weighted by Crippen LogP contribution is -2.30. The normalized spacial score (nSPS) is 12.0. The number of hydrogen-bond donors (Lipinski definition) is 0. The summed E-state index contributed by atoms with van der Waals surface area (Å²) in [7, 11) is 3.24. The van der Waals surface area contributed by atoms with Crippen LogP contribution in [-0.2, 0) is 14.3 Å². The Kier molecular flexibility index (Phi) is 6.15. The number of ether oxygens (including phenoxy) is 1. The number of halogens is 1. The van der Waals surface area contributed by atoms with Gasteiger partial charge in [-0.2, -0.15) is 0 Å². The van der Waals surface area contributed by atoms with Crippen LogP contribution in [0.3, 0.4) is 0 Å². The van der Waals surface area contributed by atoms with Gasteiger partial charge in [0.05, 0.1) is 0 Å². The van der Waals surface area contributed by atoms with Crippen LogP contribution in [0.25, 0.3) is 6.08 Å². The van der Waals surface area contributed by atoms with Gasteiger partial charge in [-0.05, 0) is 23.8 Å². The van der Waals surface area contributed by atoms with Crippen LogP contribution in [0.4, 0.5) is 0 Å². The van der Waals surface area contributed by atoms with Crippen molar-refractivity contribution in [1.29, 1.82) is 0 Å². The van der Waals surface area contributed by atoms with E-state index >= 15 is 0 Å². The zero-order valence-electron chi connectivity index (χ0n) is 13.5. The maximum Gasteiger partial charge on any atom is 0.331 e. The summed E-state index contributed by atoms with van der Waals surface area (Å²) in [4.78, 5) is 25.8. The van der Waals surface area contributed by atoms with Crippen molar-refractivity contribution in [2.45, 2.75) is 6.10 Å². The van der Waals surface area contributed by atoms with Crippen molar-refractivity contribution in [3.63, 3.8) is 0 Å². The lowest BCUT2D eigenvalue weighted by atomic mass is 10.1. The number of nitrogens with zero attached hydrogens (tertiary/aromatic N) is 1. The van der Waals surface area contributed by atoms with Crippen molar-refractivity contribution in [2.24, 2.45) is 0 Å². The predicted molar refractivity (Wildman–Crippen MR) is 94.5 cm³/mol. The minimum absolute atomic E-state index is 0.297. The van der Waals surface area contributed by atoms with Gasteiger partial charge >= 0.3 is 5.97 Å². The Balaban J connectivity index is 2.12. The lowest BCUT2D eigenvalue weighted by Gasteiger charge is -2.20. The molecule has 0 aliphatic carbocycles. The van der Waals surface area contributed by atoms with E-state index in [4.69, 9.17) is 16.3 Å². The second-order valence-electron chi connectivity index (χ2n) is 5.35. The molecule has 1 amide bonds. The van der Waals surface area contributed by atoms with Crippen LogP contribution in [-0.4, -0.2) is 30.9 Å². The van der Waals surface area contributed by atoms with E-state index in [1.165, 1.54) is 11.0 Å². The molecule has 2 rings (SSSR count). The zero-order valence-corrected chi connectivity index (χ0v) is 14.2. The van der Waals surface area contributed by atoms with Crippen LogP contribution >= 0.6 is 11.6 Å². The molecule has 0 saturated carbocycles. The third-order valence-corrected chi connectivity index (χ3v) is 3.54. The van der Waals surface area contributed by atoms with Gasteiger partial charge in [0.2, 0.25) is 6.10 Å². The lowest BCUT2D eigenvalue weighted by molar-refractivity contribution is -0.155. The Morgan fingerprint density at radius 1 is 1.04 bits per heavy atom. The molecular weight excluding hydrogens is 326 g/mol. The first-order valence-corrected chi connectivity index (χ1v) is 7.75. The van der Waals surface area contributed by atoms with E-state index < -0.39 is 12.1 Å². The highest BCUT2D eigenvalue weighted by molar-refractivity contribution is 6.30. The Hall–Kier alpha value is -2.59. The molecule has 124 valence electrons. The molecule has 0 radical (unpaired) electrons. The molecule has 2 aromatic carbocycles. The Bertz CT molecular complexity index is 724. The van der Waals surface area contributed by atoms with E-state index in [2.05, 4.69) is 0 Å². The SMILES string of the molecule is CN(C)C(=O)[C@H](OC(=O)/C=C/c1ccc(Cl)cc1)c1ccccc1. The molecular formula is C19H18ClNO3. The summed E-state index contributed by atoms with van der Waals surface area (Å²) in [6.07, 6.45) is 1.94. The van der Waals surface area contributed by atoms with Gasteiger partial charge in [-0.1, -0.05) is 54.1 Å². The highest BCUT2D eigenvalue weighted by Crippen LogP contribution is 2.20. The summed E-state index contributed by atoms with van der Waals surface area (Å²) in [5.74, 6) is -0.886. The van der Waals surface area contributed by atoms with Crippen molar-refractivity contribution in [3.05, 3.63) is 76.8 Å². The molecule has 0 spiro atoms. The molecule has 2 aromatic rings. The molecule has 0 heterocycles. The van der Waals surface area contributed by atoms with E-state index in [1.54, 1.807) is 68.7 Å². The van der Waals surface area contributed by atoms with E-state index in [0.717, 1.165) is 5.56 Å². The summed E-state index contributed by atoms with van der Waals surface area (Å²) in [5.41, 5.74) is 1.44. The van der Waals surface area contributed by atoms with E-state index in [9.17, 15) is 9.59 Å². The number of likely N-dealkylation sites (N-methyl/N-ethyl adjacent to an activating group) is 1. The molecule has 0 saturated heterocycles. The number of esters is 1. The molecule has 5 heteroatoms. The maximum absolute atomic E-state index is 12.3. The van der Waals surface area contributed by atoms with E-state index in [1.807, 2.05) is 6.07 Å². The summed E-state index contributed by atoms with van der Waals surface area (Å²) >= 11 is 5.82. The smallest absolute Gasteiger partial charge is 0.331 e. The Morgan fingerprint density at radius 3 is 2.25 bits per heavy atom. The van der Waals surface area contributed by atoms with Crippen molar-refractivity contribution in [3.8, 4) is 0 Å². The van der Waals surface area contributed by atoms with Crippen LogP contribution in [0.5, 0.6) is 0 Å². The van der Waals surface area contributed by atoms with E-state index in [0.29, 0.717) is 10.6 Å². The molecule has 4 nitrogen and oxygen atoms in total. The predicted octanol–water partition coefficient (Wildman–Crippen LogP) is 3.73. The molecule has 0 aromatic heterocycles. The minimum Gasteiger partial charge on any atom is -0.444 e. The van der Waals surface area contributed by atoms with Gasteiger partial charge < -0.3 is 9.64 Å².